The fourth-order valence-corrected chi connectivity index (χ4v) is 1.67. The maximum absolute atomic E-state index is 13.5. The Morgan fingerprint density at radius 1 is 1.50 bits per heavy atom. The van der Waals surface area contributed by atoms with Crippen LogP contribution in [0.3, 0.4) is 0 Å². The van der Waals surface area contributed by atoms with Crippen molar-refractivity contribution >= 4 is 11.6 Å². The zero-order chi connectivity index (χ0) is 14.5. The second-order valence-corrected chi connectivity index (χ2v) is 4.70. The lowest BCUT2D eigenvalue weighted by molar-refractivity contribution is -0.384. The van der Waals surface area contributed by atoms with E-state index in [1.165, 1.54) is 12.8 Å². The average molecular weight is 282 g/mol. The number of nitrogens with one attached hydrogen (secondary N) is 1. The molecule has 0 aliphatic heterocycles. The number of carbonyl (C=O) groups is 1. The Hall–Kier alpha value is -2.02. The number of benzene rings is 1. The molecule has 108 valence electrons. The molecule has 2 rings (SSSR count). The van der Waals surface area contributed by atoms with Crippen LogP contribution < -0.4 is 5.32 Å². The van der Waals surface area contributed by atoms with Gasteiger partial charge in [-0.15, -0.1) is 0 Å². The van der Waals surface area contributed by atoms with Gasteiger partial charge in [-0.1, -0.05) is 0 Å². The lowest BCUT2D eigenvalue weighted by Crippen LogP contribution is -2.28. The van der Waals surface area contributed by atoms with E-state index in [9.17, 15) is 19.3 Å². The fourth-order valence-electron chi connectivity index (χ4n) is 1.67. The molecule has 1 amide bonds. The Kier molecular flexibility index (Phi) is 4.62. The smallest absolute Gasteiger partial charge is 0.270 e. The van der Waals surface area contributed by atoms with Crippen LogP contribution in [0.15, 0.2) is 18.2 Å². The van der Waals surface area contributed by atoms with Crippen LogP contribution >= 0.6 is 0 Å². The molecule has 0 atom stereocenters. The van der Waals surface area contributed by atoms with Gasteiger partial charge in [-0.25, -0.2) is 4.39 Å². The predicted molar refractivity (Wildman–Crippen MR) is 68.9 cm³/mol. The summed E-state index contributed by atoms with van der Waals surface area (Å²) in [4.78, 5) is 21.6. The van der Waals surface area contributed by atoms with E-state index in [-0.39, 0.29) is 17.8 Å². The number of halogens is 1. The van der Waals surface area contributed by atoms with Crippen molar-refractivity contribution in [2.24, 2.45) is 5.92 Å². The van der Waals surface area contributed by atoms with E-state index in [1.807, 2.05) is 0 Å². The SMILES string of the molecule is O=C(NCCOCC1CC1)c1cc([N+](=O)[O-])ccc1F. The quantitative estimate of drug-likeness (QED) is 0.470. The molecule has 0 spiro atoms. The van der Waals surface area contributed by atoms with Crippen LogP contribution in [0.5, 0.6) is 0 Å². The monoisotopic (exact) mass is 282 g/mol. The summed E-state index contributed by atoms with van der Waals surface area (Å²) in [5, 5.41) is 13.1. The van der Waals surface area contributed by atoms with Crippen LogP contribution in [0.2, 0.25) is 0 Å². The van der Waals surface area contributed by atoms with Crippen molar-refractivity contribution in [1.82, 2.24) is 5.32 Å². The first-order chi connectivity index (χ1) is 9.58. The predicted octanol–water partition coefficient (Wildman–Crippen LogP) is 1.89. The molecule has 1 aliphatic carbocycles. The molecular formula is C13H15FN2O4. The molecule has 20 heavy (non-hydrogen) atoms. The highest BCUT2D eigenvalue weighted by atomic mass is 19.1. The summed E-state index contributed by atoms with van der Waals surface area (Å²) in [6, 6.07) is 2.86. The van der Waals surface area contributed by atoms with Gasteiger partial charge in [0.25, 0.3) is 11.6 Å². The summed E-state index contributed by atoms with van der Waals surface area (Å²) in [5.74, 6) is -0.826. The molecule has 1 aliphatic rings. The number of amides is 1. The van der Waals surface area contributed by atoms with Crippen LogP contribution in [0.4, 0.5) is 10.1 Å². The third kappa shape index (κ3) is 3.99. The van der Waals surface area contributed by atoms with Crippen LogP contribution in [-0.2, 0) is 4.74 Å². The Bertz CT molecular complexity index is 517. The molecule has 1 N–H and O–H groups in total. The van der Waals surface area contributed by atoms with E-state index >= 15 is 0 Å². The minimum Gasteiger partial charge on any atom is -0.379 e. The molecule has 1 aromatic rings. The topological polar surface area (TPSA) is 81.5 Å². The van der Waals surface area contributed by atoms with Gasteiger partial charge in [0.15, 0.2) is 0 Å². The molecule has 0 aromatic heterocycles. The molecular weight excluding hydrogens is 267 g/mol. The van der Waals surface area contributed by atoms with E-state index in [0.29, 0.717) is 19.1 Å². The zero-order valence-corrected chi connectivity index (χ0v) is 10.8. The summed E-state index contributed by atoms with van der Waals surface area (Å²) in [5.41, 5.74) is -0.650. The lowest BCUT2D eigenvalue weighted by Gasteiger charge is -2.06. The van der Waals surface area contributed by atoms with Crippen molar-refractivity contribution in [3.8, 4) is 0 Å². The fraction of sp³-hybridized carbons (Fsp3) is 0.462. The number of nitro benzene ring substituents is 1. The van der Waals surface area contributed by atoms with Gasteiger partial charge in [-0.2, -0.15) is 0 Å². The van der Waals surface area contributed by atoms with Crippen LogP contribution in [0.1, 0.15) is 23.2 Å². The lowest BCUT2D eigenvalue weighted by atomic mass is 10.1. The molecule has 1 saturated carbocycles. The third-order valence-corrected chi connectivity index (χ3v) is 2.99. The van der Waals surface area contributed by atoms with Gasteiger partial charge < -0.3 is 10.1 Å². The van der Waals surface area contributed by atoms with Gasteiger partial charge in [-0.05, 0) is 24.8 Å². The minimum absolute atomic E-state index is 0.244. The van der Waals surface area contributed by atoms with Crippen molar-refractivity contribution < 1.29 is 18.8 Å². The second-order valence-electron chi connectivity index (χ2n) is 4.70. The Morgan fingerprint density at radius 3 is 2.90 bits per heavy atom. The van der Waals surface area contributed by atoms with E-state index in [2.05, 4.69) is 5.32 Å². The van der Waals surface area contributed by atoms with Crippen LogP contribution in [0.25, 0.3) is 0 Å². The molecule has 0 heterocycles. The first kappa shape index (κ1) is 14.4. The van der Waals surface area contributed by atoms with E-state index in [4.69, 9.17) is 4.74 Å². The Labute approximate surface area is 115 Å². The highest BCUT2D eigenvalue weighted by molar-refractivity contribution is 5.95. The molecule has 7 heteroatoms. The second kappa shape index (κ2) is 6.42. The first-order valence-electron chi connectivity index (χ1n) is 6.38. The summed E-state index contributed by atoms with van der Waals surface area (Å²) in [6.45, 7) is 1.27. The number of nitrogens with zero attached hydrogens (tertiary/aromatic N) is 1. The average Bonchev–Trinajstić information content (AvgIpc) is 3.22. The van der Waals surface area contributed by atoms with E-state index < -0.39 is 16.6 Å². The van der Waals surface area contributed by atoms with Crippen molar-refractivity contribution in [2.75, 3.05) is 19.8 Å². The Balaban J connectivity index is 1.83. The van der Waals surface area contributed by atoms with E-state index in [0.717, 1.165) is 18.2 Å². The third-order valence-electron chi connectivity index (χ3n) is 2.99. The summed E-state index contributed by atoms with van der Waals surface area (Å²) in [6.07, 6.45) is 2.37. The van der Waals surface area contributed by atoms with Crippen molar-refractivity contribution in [1.29, 1.82) is 0 Å². The van der Waals surface area contributed by atoms with Gasteiger partial charge in [0.1, 0.15) is 5.82 Å². The number of rotatable bonds is 7. The maximum Gasteiger partial charge on any atom is 0.270 e. The van der Waals surface area contributed by atoms with Crippen molar-refractivity contribution in [3.63, 3.8) is 0 Å². The zero-order valence-electron chi connectivity index (χ0n) is 10.8. The van der Waals surface area contributed by atoms with Gasteiger partial charge in [0.2, 0.25) is 0 Å². The molecule has 6 nitrogen and oxygen atoms in total. The first-order valence-corrected chi connectivity index (χ1v) is 6.38. The van der Waals surface area contributed by atoms with Crippen LogP contribution in [0, 0.1) is 21.8 Å². The molecule has 0 radical (unpaired) electrons. The highest BCUT2D eigenvalue weighted by Crippen LogP contribution is 2.28. The normalized spacial score (nSPS) is 14.1. The number of non-ortho nitro benzene ring substituents is 1. The Morgan fingerprint density at radius 2 is 2.25 bits per heavy atom. The van der Waals surface area contributed by atoms with Gasteiger partial charge in [-0.3, -0.25) is 14.9 Å². The molecule has 0 saturated heterocycles. The maximum atomic E-state index is 13.5. The van der Waals surface area contributed by atoms with Crippen molar-refractivity contribution in [2.45, 2.75) is 12.8 Å². The molecule has 1 fully saturated rings. The van der Waals surface area contributed by atoms with Crippen LogP contribution in [-0.4, -0.2) is 30.6 Å². The molecule has 1 aromatic carbocycles. The number of ether oxygens (including phenoxy) is 1. The van der Waals surface area contributed by atoms with Crippen molar-refractivity contribution in [3.05, 3.63) is 39.7 Å². The number of nitro groups is 1. The largest absolute Gasteiger partial charge is 0.379 e. The van der Waals surface area contributed by atoms with Gasteiger partial charge in [0.05, 0.1) is 17.1 Å². The highest BCUT2D eigenvalue weighted by Gasteiger charge is 2.21. The summed E-state index contributed by atoms with van der Waals surface area (Å²) >= 11 is 0. The number of hydrogen-bond acceptors (Lipinski definition) is 4. The number of hydrogen-bond donors (Lipinski definition) is 1. The van der Waals surface area contributed by atoms with Gasteiger partial charge >= 0.3 is 0 Å². The minimum atomic E-state index is -0.785. The van der Waals surface area contributed by atoms with E-state index in [1.54, 1.807) is 0 Å². The molecule has 0 bridgehead atoms. The standard InChI is InChI=1S/C13H15FN2O4/c14-12-4-3-10(16(18)19)7-11(12)13(17)15-5-6-20-8-9-1-2-9/h3-4,7,9H,1-2,5-6,8H2,(H,15,17). The summed E-state index contributed by atoms with van der Waals surface area (Å²) in [7, 11) is 0. The molecule has 0 unspecified atom stereocenters. The summed E-state index contributed by atoms with van der Waals surface area (Å²) < 4.78 is 18.8. The number of carbonyl (C=O) groups excluding carboxylic acids is 1. The van der Waals surface area contributed by atoms with Gasteiger partial charge in [0, 0.05) is 25.3 Å².